The van der Waals surface area contributed by atoms with Gasteiger partial charge in [0, 0.05) is 11.1 Å². The summed E-state index contributed by atoms with van der Waals surface area (Å²) in [6, 6.07) is 0. The van der Waals surface area contributed by atoms with E-state index in [0.717, 1.165) is 19.3 Å². The second-order valence-corrected chi connectivity index (χ2v) is 15.2. The number of hydrogen-bond acceptors (Lipinski definition) is 4. The van der Waals surface area contributed by atoms with Crippen LogP contribution in [0.1, 0.15) is 130 Å². The summed E-state index contributed by atoms with van der Waals surface area (Å²) in [4.78, 5) is 0. The molecule has 0 saturated heterocycles. The summed E-state index contributed by atoms with van der Waals surface area (Å²) >= 11 is 0. The molecule has 0 heterocycles. The van der Waals surface area contributed by atoms with Gasteiger partial charge in [0.05, 0.1) is 22.4 Å². The van der Waals surface area contributed by atoms with Crippen LogP contribution in [0.25, 0.3) is 0 Å². The third kappa shape index (κ3) is 9.60. The highest BCUT2D eigenvalue weighted by Crippen LogP contribution is 2.48. The summed E-state index contributed by atoms with van der Waals surface area (Å²) in [5.41, 5.74) is 4.68. The lowest BCUT2D eigenvalue weighted by Crippen LogP contribution is -2.55. The predicted molar refractivity (Wildman–Crippen MR) is 141 cm³/mol. The second kappa shape index (κ2) is 9.47. The molecule has 0 atom stereocenters. The van der Waals surface area contributed by atoms with Gasteiger partial charge in [-0.25, -0.2) is 0 Å². The Morgan fingerprint density at radius 2 is 0.844 bits per heavy atom. The third-order valence-corrected chi connectivity index (χ3v) is 7.63. The van der Waals surface area contributed by atoms with Crippen LogP contribution in [0, 0.1) is 10.8 Å². The van der Waals surface area contributed by atoms with Crippen molar-refractivity contribution >= 4 is 0 Å². The molecular formula is C28H60N2O2. The minimum Gasteiger partial charge on any atom is -0.369 e. The van der Waals surface area contributed by atoms with Gasteiger partial charge in [0.15, 0.2) is 0 Å². The lowest BCUT2D eigenvalue weighted by molar-refractivity contribution is -0.222. The van der Waals surface area contributed by atoms with Crippen molar-refractivity contribution in [3.05, 3.63) is 0 Å². The zero-order valence-electron chi connectivity index (χ0n) is 25.0. The molecule has 0 aromatic rings. The molecule has 4 heteroatoms. The average molecular weight is 457 g/mol. The molecule has 0 spiro atoms. The van der Waals surface area contributed by atoms with Crippen LogP contribution in [-0.4, -0.2) is 40.5 Å². The average Bonchev–Trinajstić information content (AvgIpc) is 2.38. The Kier molecular flexibility index (Phi) is 9.43. The number of hydrogen-bond donors (Lipinski definition) is 2. The molecule has 0 fully saturated rings. The highest BCUT2D eigenvalue weighted by Gasteiger charge is 2.49. The van der Waals surface area contributed by atoms with Gasteiger partial charge in [-0.05, 0) is 120 Å². The van der Waals surface area contributed by atoms with E-state index in [2.05, 4.69) is 116 Å². The van der Waals surface area contributed by atoms with E-state index in [4.69, 9.17) is 15.2 Å². The van der Waals surface area contributed by atoms with E-state index in [-0.39, 0.29) is 44.3 Å². The van der Waals surface area contributed by atoms with Crippen LogP contribution in [0.2, 0.25) is 0 Å². The first kappa shape index (κ1) is 31.8. The molecule has 0 bridgehead atoms. The van der Waals surface area contributed by atoms with Crippen LogP contribution in [-0.2, 0) is 9.47 Å². The Morgan fingerprint density at radius 1 is 0.531 bits per heavy atom. The first-order valence-electron chi connectivity index (χ1n) is 12.5. The van der Waals surface area contributed by atoms with E-state index >= 15 is 0 Å². The van der Waals surface area contributed by atoms with Gasteiger partial charge < -0.3 is 20.5 Å². The highest BCUT2D eigenvalue weighted by molar-refractivity contribution is 4.99. The molecule has 0 aliphatic heterocycles. The first-order valence-corrected chi connectivity index (χ1v) is 12.5. The fraction of sp³-hybridized carbons (Fsp3) is 1.00. The standard InChI is InChI=1S/C28H60N2O2/c1-21(2,18-24(7,8)30-17)27(13,14)31-25(9,10)19-22(3,4)28(15,16)32-26(11,12)20-23(5,6)29/h30H,18-20,29H2,1-17H3. The van der Waals surface area contributed by atoms with Crippen molar-refractivity contribution in [2.45, 2.75) is 164 Å². The fourth-order valence-electron chi connectivity index (χ4n) is 5.51. The maximum Gasteiger partial charge on any atom is 0.0685 e. The van der Waals surface area contributed by atoms with Crippen LogP contribution < -0.4 is 11.1 Å². The molecule has 0 aliphatic carbocycles. The molecule has 4 nitrogen and oxygen atoms in total. The molecule has 0 aromatic carbocycles. The van der Waals surface area contributed by atoms with Crippen LogP contribution in [0.3, 0.4) is 0 Å². The van der Waals surface area contributed by atoms with Gasteiger partial charge in [0.2, 0.25) is 0 Å². The van der Waals surface area contributed by atoms with Crippen molar-refractivity contribution in [1.82, 2.24) is 5.32 Å². The lowest BCUT2D eigenvalue weighted by atomic mass is 9.68. The quantitative estimate of drug-likeness (QED) is 0.310. The Bertz CT molecular complexity index is 605. The van der Waals surface area contributed by atoms with Gasteiger partial charge in [0.1, 0.15) is 0 Å². The summed E-state index contributed by atoms with van der Waals surface area (Å²) in [5, 5.41) is 3.45. The van der Waals surface area contributed by atoms with E-state index in [1.165, 1.54) is 0 Å². The monoisotopic (exact) mass is 456 g/mol. The summed E-state index contributed by atoms with van der Waals surface area (Å²) in [5.74, 6) is 0. The molecule has 0 aromatic heterocycles. The fourth-order valence-corrected chi connectivity index (χ4v) is 5.51. The van der Waals surface area contributed by atoms with Crippen molar-refractivity contribution in [3.8, 4) is 0 Å². The molecule has 0 unspecified atom stereocenters. The van der Waals surface area contributed by atoms with Crippen molar-refractivity contribution in [2.75, 3.05) is 7.05 Å². The smallest absolute Gasteiger partial charge is 0.0685 e. The van der Waals surface area contributed by atoms with Gasteiger partial charge in [-0.3, -0.25) is 0 Å². The first-order chi connectivity index (χ1) is 13.6. The molecule has 3 N–H and O–H groups in total. The molecule has 0 radical (unpaired) electrons. The molecule has 32 heavy (non-hydrogen) atoms. The minimum atomic E-state index is -0.351. The van der Waals surface area contributed by atoms with Crippen molar-refractivity contribution in [2.24, 2.45) is 16.6 Å². The third-order valence-electron chi connectivity index (χ3n) is 7.63. The molecule has 194 valence electrons. The topological polar surface area (TPSA) is 56.5 Å². The van der Waals surface area contributed by atoms with E-state index < -0.39 is 0 Å². The SMILES string of the molecule is CNC(C)(C)CC(C)(C)C(C)(C)OC(C)(C)CC(C)(C)C(C)(C)OC(C)(C)CC(C)(C)N. The number of nitrogens with two attached hydrogens (primary N) is 1. The minimum absolute atomic E-state index is 0.0123. The second-order valence-electron chi connectivity index (χ2n) is 15.2. The molecular weight excluding hydrogens is 396 g/mol. The summed E-state index contributed by atoms with van der Waals surface area (Å²) in [6.45, 7) is 35.5. The van der Waals surface area contributed by atoms with Gasteiger partial charge in [-0.15, -0.1) is 0 Å². The largest absolute Gasteiger partial charge is 0.369 e. The maximum atomic E-state index is 6.92. The van der Waals surface area contributed by atoms with Crippen molar-refractivity contribution in [3.63, 3.8) is 0 Å². The van der Waals surface area contributed by atoms with Crippen molar-refractivity contribution in [1.29, 1.82) is 0 Å². The van der Waals surface area contributed by atoms with Crippen LogP contribution in [0.5, 0.6) is 0 Å². The van der Waals surface area contributed by atoms with Crippen LogP contribution >= 0.6 is 0 Å². The summed E-state index contributed by atoms with van der Waals surface area (Å²) in [7, 11) is 2.03. The Labute approximate surface area is 202 Å². The summed E-state index contributed by atoms with van der Waals surface area (Å²) < 4.78 is 13.7. The van der Waals surface area contributed by atoms with E-state index in [1.807, 2.05) is 7.05 Å². The molecule has 0 rings (SSSR count). The van der Waals surface area contributed by atoms with E-state index in [0.29, 0.717) is 0 Å². The highest BCUT2D eigenvalue weighted by atomic mass is 16.5. The Balaban J connectivity index is 5.61. The van der Waals surface area contributed by atoms with Gasteiger partial charge >= 0.3 is 0 Å². The normalized spacial score (nSPS) is 15.9. The molecule has 0 aliphatic rings. The van der Waals surface area contributed by atoms with E-state index in [1.54, 1.807) is 0 Å². The Morgan fingerprint density at radius 3 is 1.16 bits per heavy atom. The zero-order valence-corrected chi connectivity index (χ0v) is 25.0. The lowest BCUT2D eigenvalue weighted by Gasteiger charge is -2.53. The van der Waals surface area contributed by atoms with Gasteiger partial charge in [-0.1, -0.05) is 27.7 Å². The van der Waals surface area contributed by atoms with Crippen molar-refractivity contribution < 1.29 is 9.47 Å². The number of rotatable bonds is 13. The zero-order chi connectivity index (χ0) is 26.2. The van der Waals surface area contributed by atoms with E-state index in [9.17, 15) is 0 Å². The Hall–Kier alpha value is -0.160. The predicted octanol–water partition coefficient (Wildman–Crippen LogP) is 7.09. The number of nitrogens with one attached hydrogen (secondary N) is 1. The maximum absolute atomic E-state index is 6.92. The summed E-state index contributed by atoms with van der Waals surface area (Å²) in [6.07, 6.45) is 2.69. The van der Waals surface area contributed by atoms with Gasteiger partial charge in [-0.2, -0.15) is 0 Å². The van der Waals surface area contributed by atoms with Gasteiger partial charge in [0.25, 0.3) is 0 Å². The number of ether oxygens (including phenoxy) is 2. The molecule has 0 amide bonds. The van der Waals surface area contributed by atoms with Crippen LogP contribution in [0.15, 0.2) is 0 Å². The molecule has 0 saturated carbocycles. The van der Waals surface area contributed by atoms with Crippen LogP contribution in [0.4, 0.5) is 0 Å².